The van der Waals surface area contributed by atoms with Gasteiger partial charge in [0.15, 0.2) is 5.69 Å². The highest BCUT2D eigenvalue weighted by Gasteiger charge is 2.15. The first-order valence-electron chi connectivity index (χ1n) is 6.24. The highest BCUT2D eigenvalue weighted by molar-refractivity contribution is 5.98. The number of hydrogen-bond donors (Lipinski definition) is 3. The zero-order chi connectivity index (χ0) is 15.2. The third kappa shape index (κ3) is 3.75. The van der Waals surface area contributed by atoms with Gasteiger partial charge in [0.05, 0.1) is 17.4 Å². The van der Waals surface area contributed by atoms with Gasteiger partial charge < -0.3 is 15.7 Å². The standard InChI is InChI=1S/C14H14N4O3/c1-9(10-5-2-3-7-15-10)17-14(21)18-11-6-4-8-16-12(11)13(19)20/h2-9H,1H3,(H,19,20)(H2,17,18,21). The van der Waals surface area contributed by atoms with Crippen molar-refractivity contribution in [3.8, 4) is 0 Å². The number of carbonyl (C=O) groups is 2. The number of amides is 2. The van der Waals surface area contributed by atoms with Crippen molar-refractivity contribution in [3.05, 3.63) is 54.1 Å². The van der Waals surface area contributed by atoms with Crippen LogP contribution in [0.1, 0.15) is 29.1 Å². The van der Waals surface area contributed by atoms with Crippen LogP contribution in [0.4, 0.5) is 10.5 Å². The van der Waals surface area contributed by atoms with E-state index in [9.17, 15) is 9.59 Å². The molecule has 0 fully saturated rings. The SMILES string of the molecule is CC(NC(=O)Nc1cccnc1C(=O)O)c1ccccn1. The van der Waals surface area contributed by atoms with Gasteiger partial charge in [-0.25, -0.2) is 14.6 Å². The molecule has 2 rings (SSSR count). The molecule has 2 amide bonds. The fraction of sp³-hybridized carbons (Fsp3) is 0.143. The number of urea groups is 1. The molecule has 7 heteroatoms. The summed E-state index contributed by atoms with van der Waals surface area (Å²) in [6, 6.07) is 7.58. The molecule has 108 valence electrons. The summed E-state index contributed by atoms with van der Waals surface area (Å²) in [6.07, 6.45) is 2.98. The molecule has 0 spiro atoms. The van der Waals surface area contributed by atoms with Crippen LogP contribution in [-0.2, 0) is 0 Å². The first kappa shape index (κ1) is 14.4. The van der Waals surface area contributed by atoms with Crippen LogP contribution in [-0.4, -0.2) is 27.1 Å². The van der Waals surface area contributed by atoms with Gasteiger partial charge >= 0.3 is 12.0 Å². The van der Waals surface area contributed by atoms with Gasteiger partial charge in [0.2, 0.25) is 0 Å². The van der Waals surface area contributed by atoms with Crippen molar-refractivity contribution in [2.45, 2.75) is 13.0 Å². The second-order valence-electron chi connectivity index (χ2n) is 4.28. The van der Waals surface area contributed by atoms with E-state index in [1.165, 1.54) is 12.3 Å². The summed E-state index contributed by atoms with van der Waals surface area (Å²) in [4.78, 5) is 30.8. The van der Waals surface area contributed by atoms with E-state index in [-0.39, 0.29) is 17.4 Å². The highest BCUT2D eigenvalue weighted by atomic mass is 16.4. The molecule has 0 aliphatic carbocycles. The van der Waals surface area contributed by atoms with Gasteiger partial charge in [-0.3, -0.25) is 4.98 Å². The molecule has 0 saturated carbocycles. The van der Waals surface area contributed by atoms with Crippen molar-refractivity contribution in [1.82, 2.24) is 15.3 Å². The summed E-state index contributed by atoms with van der Waals surface area (Å²) in [6.45, 7) is 1.78. The Hall–Kier alpha value is -2.96. The predicted octanol–water partition coefficient (Wildman–Crippen LogP) is 2.06. The number of aromatic nitrogens is 2. The molecule has 0 saturated heterocycles. The van der Waals surface area contributed by atoms with E-state index < -0.39 is 12.0 Å². The fourth-order valence-corrected chi connectivity index (χ4v) is 1.74. The number of anilines is 1. The van der Waals surface area contributed by atoms with Crippen molar-refractivity contribution in [1.29, 1.82) is 0 Å². The Morgan fingerprint density at radius 3 is 2.57 bits per heavy atom. The van der Waals surface area contributed by atoms with Crippen molar-refractivity contribution in [2.24, 2.45) is 0 Å². The van der Waals surface area contributed by atoms with Gasteiger partial charge in [0.1, 0.15) is 0 Å². The topological polar surface area (TPSA) is 104 Å². The smallest absolute Gasteiger partial charge is 0.356 e. The van der Waals surface area contributed by atoms with E-state index in [4.69, 9.17) is 5.11 Å². The molecule has 0 aliphatic heterocycles. The zero-order valence-electron chi connectivity index (χ0n) is 11.3. The van der Waals surface area contributed by atoms with Gasteiger partial charge in [-0.1, -0.05) is 6.07 Å². The van der Waals surface area contributed by atoms with Crippen LogP contribution < -0.4 is 10.6 Å². The summed E-state index contributed by atoms with van der Waals surface area (Å²) in [5, 5.41) is 14.1. The second kappa shape index (κ2) is 6.47. The van der Waals surface area contributed by atoms with Gasteiger partial charge in [-0.2, -0.15) is 0 Å². The number of nitrogens with one attached hydrogen (secondary N) is 2. The molecular formula is C14H14N4O3. The Kier molecular flexibility index (Phi) is 4.45. The predicted molar refractivity (Wildman–Crippen MR) is 76.0 cm³/mol. The lowest BCUT2D eigenvalue weighted by atomic mass is 10.2. The fourth-order valence-electron chi connectivity index (χ4n) is 1.74. The van der Waals surface area contributed by atoms with E-state index in [0.29, 0.717) is 5.69 Å². The monoisotopic (exact) mass is 286 g/mol. The minimum absolute atomic E-state index is 0.135. The van der Waals surface area contributed by atoms with E-state index in [1.54, 1.807) is 31.3 Å². The molecule has 0 aromatic carbocycles. The van der Waals surface area contributed by atoms with E-state index in [0.717, 1.165) is 0 Å². The summed E-state index contributed by atoms with van der Waals surface area (Å²) >= 11 is 0. The van der Waals surface area contributed by atoms with Gasteiger partial charge in [-0.05, 0) is 31.2 Å². The molecule has 1 unspecified atom stereocenters. The van der Waals surface area contributed by atoms with Crippen LogP contribution >= 0.6 is 0 Å². The molecule has 7 nitrogen and oxygen atoms in total. The summed E-state index contributed by atoms with van der Waals surface area (Å²) < 4.78 is 0. The number of carboxylic acid groups (broad SMARTS) is 1. The van der Waals surface area contributed by atoms with Gasteiger partial charge in [0.25, 0.3) is 0 Å². The Morgan fingerprint density at radius 1 is 1.14 bits per heavy atom. The number of aromatic carboxylic acids is 1. The van der Waals surface area contributed by atoms with E-state index in [1.807, 2.05) is 6.07 Å². The number of rotatable bonds is 4. The lowest BCUT2D eigenvalue weighted by Gasteiger charge is -2.14. The third-order valence-electron chi connectivity index (χ3n) is 2.74. The summed E-state index contributed by atoms with van der Waals surface area (Å²) in [7, 11) is 0. The van der Waals surface area contributed by atoms with Crippen LogP contribution in [0.25, 0.3) is 0 Å². The van der Waals surface area contributed by atoms with Crippen molar-refractivity contribution >= 4 is 17.7 Å². The average molecular weight is 286 g/mol. The van der Waals surface area contributed by atoms with Crippen LogP contribution in [0, 0.1) is 0 Å². The Morgan fingerprint density at radius 2 is 1.90 bits per heavy atom. The molecule has 0 aliphatic rings. The van der Waals surface area contributed by atoms with Crippen molar-refractivity contribution < 1.29 is 14.7 Å². The number of carbonyl (C=O) groups excluding carboxylic acids is 1. The number of hydrogen-bond acceptors (Lipinski definition) is 4. The van der Waals surface area contributed by atoms with Crippen LogP contribution in [0.3, 0.4) is 0 Å². The first-order valence-corrected chi connectivity index (χ1v) is 6.24. The quantitative estimate of drug-likeness (QED) is 0.798. The number of pyridine rings is 2. The van der Waals surface area contributed by atoms with Crippen molar-refractivity contribution in [2.75, 3.05) is 5.32 Å². The van der Waals surface area contributed by atoms with Crippen LogP contribution in [0.2, 0.25) is 0 Å². The maximum absolute atomic E-state index is 11.9. The number of carboxylic acids is 1. The van der Waals surface area contributed by atoms with Crippen molar-refractivity contribution in [3.63, 3.8) is 0 Å². The Labute approximate surface area is 121 Å². The summed E-state index contributed by atoms with van der Waals surface area (Å²) in [5.41, 5.74) is 0.631. The van der Waals surface area contributed by atoms with E-state index >= 15 is 0 Å². The number of nitrogens with zero attached hydrogens (tertiary/aromatic N) is 2. The largest absolute Gasteiger partial charge is 0.476 e. The molecular weight excluding hydrogens is 272 g/mol. The van der Waals surface area contributed by atoms with Crippen LogP contribution in [0.15, 0.2) is 42.7 Å². The zero-order valence-corrected chi connectivity index (χ0v) is 11.3. The lowest BCUT2D eigenvalue weighted by Crippen LogP contribution is -2.32. The lowest BCUT2D eigenvalue weighted by molar-refractivity contribution is 0.0691. The highest BCUT2D eigenvalue weighted by Crippen LogP contribution is 2.13. The Bertz CT molecular complexity index is 646. The van der Waals surface area contributed by atoms with E-state index in [2.05, 4.69) is 20.6 Å². The van der Waals surface area contributed by atoms with Crippen LogP contribution in [0.5, 0.6) is 0 Å². The van der Waals surface area contributed by atoms with Gasteiger partial charge in [-0.15, -0.1) is 0 Å². The average Bonchev–Trinajstić information content (AvgIpc) is 2.48. The first-order chi connectivity index (χ1) is 10.1. The molecule has 3 N–H and O–H groups in total. The minimum Gasteiger partial charge on any atom is -0.476 e. The summed E-state index contributed by atoms with van der Waals surface area (Å²) in [5.74, 6) is -1.20. The maximum Gasteiger partial charge on any atom is 0.356 e. The third-order valence-corrected chi connectivity index (χ3v) is 2.74. The maximum atomic E-state index is 11.9. The minimum atomic E-state index is -1.20. The molecule has 2 heterocycles. The van der Waals surface area contributed by atoms with Gasteiger partial charge in [0, 0.05) is 12.4 Å². The molecule has 1 atom stereocenters. The molecule has 0 radical (unpaired) electrons. The second-order valence-corrected chi connectivity index (χ2v) is 4.28. The normalized spacial score (nSPS) is 11.5. The molecule has 2 aromatic rings. The molecule has 0 bridgehead atoms. The Balaban J connectivity index is 2.04. The molecule has 2 aromatic heterocycles. The molecule has 21 heavy (non-hydrogen) atoms.